The molecule has 3 atom stereocenters. The molecule has 2 saturated heterocycles. The van der Waals surface area contributed by atoms with Crippen LogP contribution in [0.5, 0.6) is 5.75 Å². The Kier molecular flexibility index (Phi) is 4.79. The third kappa shape index (κ3) is 3.52. The molecule has 5 heteroatoms. The highest BCUT2D eigenvalue weighted by atomic mass is 16.5. The van der Waals surface area contributed by atoms with Crippen molar-refractivity contribution in [2.45, 2.75) is 37.5 Å². The Hall–Kier alpha value is -2.37. The molecule has 1 amide bonds. The van der Waals surface area contributed by atoms with E-state index in [0.717, 1.165) is 62.4 Å². The Bertz CT molecular complexity index is 854. The van der Waals surface area contributed by atoms with Gasteiger partial charge in [-0.1, -0.05) is 30.3 Å². The van der Waals surface area contributed by atoms with E-state index in [-0.39, 0.29) is 18.1 Å². The van der Waals surface area contributed by atoms with Crippen LogP contribution < -0.4 is 10.1 Å². The number of hydrogen-bond acceptors (Lipinski definition) is 4. The number of carbonyl (C=O) groups is 1. The molecule has 2 fully saturated rings. The number of nitrogens with zero attached hydrogens (tertiary/aromatic N) is 1. The Balaban J connectivity index is 1.21. The number of hydrogen-bond donors (Lipinski definition) is 1. The fraction of sp³-hybridized carbons (Fsp3) is 0.435. The highest BCUT2D eigenvalue weighted by Crippen LogP contribution is 2.30. The first-order valence-corrected chi connectivity index (χ1v) is 10.2. The van der Waals surface area contributed by atoms with Crippen LogP contribution in [0.1, 0.15) is 40.4 Å². The van der Waals surface area contributed by atoms with Gasteiger partial charge in [-0.05, 0) is 48.6 Å². The Morgan fingerprint density at radius 1 is 1.11 bits per heavy atom. The smallest absolute Gasteiger partial charge is 0.251 e. The molecule has 28 heavy (non-hydrogen) atoms. The van der Waals surface area contributed by atoms with Gasteiger partial charge >= 0.3 is 0 Å². The summed E-state index contributed by atoms with van der Waals surface area (Å²) in [6.45, 7) is 3.26. The van der Waals surface area contributed by atoms with E-state index >= 15 is 0 Å². The van der Waals surface area contributed by atoms with E-state index in [2.05, 4.69) is 34.5 Å². The Morgan fingerprint density at radius 3 is 2.89 bits per heavy atom. The lowest BCUT2D eigenvalue weighted by atomic mass is 10.0. The van der Waals surface area contributed by atoms with Gasteiger partial charge in [0.05, 0.1) is 19.3 Å². The average Bonchev–Trinajstić information content (AvgIpc) is 3.15. The molecule has 146 valence electrons. The Morgan fingerprint density at radius 2 is 2.00 bits per heavy atom. The molecule has 0 unspecified atom stereocenters. The second kappa shape index (κ2) is 7.57. The number of nitrogens with one attached hydrogen (secondary N) is 1. The van der Waals surface area contributed by atoms with E-state index in [1.54, 1.807) is 0 Å². The predicted octanol–water partition coefficient (Wildman–Crippen LogP) is 2.96. The average molecular weight is 378 g/mol. The summed E-state index contributed by atoms with van der Waals surface area (Å²) in [6, 6.07) is 16.7. The topological polar surface area (TPSA) is 50.8 Å². The van der Waals surface area contributed by atoms with Crippen molar-refractivity contribution in [3.8, 4) is 5.75 Å². The van der Waals surface area contributed by atoms with Crippen molar-refractivity contribution in [3.05, 3.63) is 65.2 Å². The van der Waals surface area contributed by atoms with Crippen LogP contribution >= 0.6 is 0 Å². The zero-order valence-corrected chi connectivity index (χ0v) is 16.0. The molecule has 5 rings (SSSR count). The van der Waals surface area contributed by atoms with Crippen molar-refractivity contribution in [1.82, 2.24) is 10.2 Å². The predicted molar refractivity (Wildman–Crippen MR) is 107 cm³/mol. The van der Waals surface area contributed by atoms with Crippen molar-refractivity contribution in [2.75, 3.05) is 26.3 Å². The third-order valence-electron chi connectivity index (χ3n) is 6.10. The summed E-state index contributed by atoms with van der Waals surface area (Å²) in [7, 11) is 0. The lowest BCUT2D eigenvalue weighted by Gasteiger charge is -2.35. The molecular weight excluding hydrogens is 352 g/mol. The molecular formula is C23H26N2O3. The largest absolute Gasteiger partial charge is 0.493 e. The number of ether oxygens (including phenoxy) is 2. The van der Waals surface area contributed by atoms with Crippen LogP contribution in [0.25, 0.3) is 0 Å². The van der Waals surface area contributed by atoms with Crippen molar-refractivity contribution in [1.29, 1.82) is 0 Å². The SMILES string of the molecule is O=C(N[C@H]1C[C@H]2CO[C@@H](c3ccccc3)CN2C1)c1ccc2c(c1)CCCO2. The number of fused-ring (bicyclic) bond motifs is 2. The highest BCUT2D eigenvalue weighted by Gasteiger charge is 2.38. The van der Waals surface area contributed by atoms with Gasteiger partial charge in [0, 0.05) is 30.7 Å². The molecule has 3 heterocycles. The fourth-order valence-corrected chi connectivity index (χ4v) is 4.62. The quantitative estimate of drug-likeness (QED) is 0.892. The molecule has 2 aromatic carbocycles. The van der Waals surface area contributed by atoms with Crippen LogP contribution in [0.4, 0.5) is 0 Å². The van der Waals surface area contributed by atoms with E-state index in [4.69, 9.17) is 9.47 Å². The number of aryl methyl sites for hydroxylation is 1. The Labute approximate surface area is 165 Å². The number of benzene rings is 2. The van der Waals surface area contributed by atoms with Gasteiger partial charge in [0.2, 0.25) is 0 Å². The van der Waals surface area contributed by atoms with Gasteiger partial charge in [-0.15, -0.1) is 0 Å². The lowest BCUT2D eigenvalue weighted by molar-refractivity contribution is -0.0502. The number of amides is 1. The normalized spacial score (nSPS) is 26.8. The molecule has 1 N–H and O–H groups in total. The molecule has 0 aliphatic carbocycles. The van der Waals surface area contributed by atoms with Crippen molar-refractivity contribution >= 4 is 5.91 Å². The summed E-state index contributed by atoms with van der Waals surface area (Å²) in [5, 5.41) is 3.24. The van der Waals surface area contributed by atoms with Gasteiger partial charge in [-0.25, -0.2) is 0 Å². The molecule has 0 spiro atoms. The summed E-state index contributed by atoms with van der Waals surface area (Å²) < 4.78 is 11.8. The monoisotopic (exact) mass is 378 g/mol. The van der Waals surface area contributed by atoms with Crippen LogP contribution in [0.2, 0.25) is 0 Å². The summed E-state index contributed by atoms with van der Waals surface area (Å²) >= 11 is 0. The zero-order valence-electron chi connectivity index (χ0n) is 16.0. The number of morpholine rings is 1. The van der Waals surface area contributed by atoms with Crippen LogP contribution in [-0.2, 0) is 11.2 Å². The maximum absolute atomic E-state index is 12.8. The van der Waals surface area contributed by atoms with Gasteiger partial charge < -0.3 is 14.8 Å². The molecule has 3 aliphatic rings. The van der Waals surface area contributed by atoms with Gasteiger partial charge in [0.25, 0.3) is 5.91 Å². The van der Waals surface area contributed by atoms with Gasteiger partial charge in [0.15, 0.2) is 0 Å². The van der Waals surface area contributed by atoms with E-state index < -0.39 is 0 Å². The standard InChI is InChI=1S/C23H26N2O3/c26-23(18-8-9-21-17(11-18)7-4-10-27-21)24-19-12-20-15-28-22(14-25(20)13-19)16-5-2-1-3-6-16/h1-3,5-6,8-9,11,19-20,22H,4,7,10,12-15H2,(H,24,26)/t19-,20-,22+/m0/s1. The minimum absolute atomic E-state index is 0.0127. The van der Waals surface area contributed by atoms with Crippen LogP contribution in [0.3, 0.4) is 0 Å². The minimum atomic E-state index is 0.0127. The van der Waals surface area contributed by atoms with Gasteiger partial charge in [-0.3, -0.25) is 9.69 Å². The van der Waals surface area contributed by atoms with Gasteiger partial charge in [0.1, 0.15) is 5.75 Å². The summed E-state index contributed by atoms with van der Waals surface area (Å²) in [5.74, 6) is 0.934. The van der Waals surface area contributed by atoms with Crippen molar-refractivity contribution < 1.29 is 14.3 Å². The van der Waals surface area contributed by atoms with Crippen molar-refractivity contribution in [3.63, 3.8) is 0 Å². The molecule has 0 radical (unpaired) electrons. The first-order valence-electron chi connectivity index (χ1n) is 10.2. The highest BCUT2D eigenvalue weighted by molar-refractivity contribution is 5.94. The first-order chi connectivity index (χ1) is 13.8. The third-order valence-corrected chi connectivity index (χ3v) is 6.10. The second-order valence-corrected chi connectivity index (χ2v) is 8.02. The summed E-state index contributed by atoms with van der Waals surface area (Å²) in [6.07, 6.45) is 3.06. The van der Waals surface area contributed by atoms with Crippen molar-refractivity contribution in [2.24, 2.45) is 0 Å². The molecule has 0 saturated carbocycles. The first kappa shape index (κ1) is 17.7. The fourth-order valence-electron chi connectivity index (χ4n) is 4.62. The van der Waals surface area contributed by atoms with E-state index in [1.807, 2.05) is 24.3 Å². The van der Waals surface area contributed by atoms with Crippen LogP contribution in [0, 0.1) is 0 Å². The zero-order chi connectivity index (χ0) is 18.9. The van der Waals surface area contributed by atoms with Gasteiger partial charge in [-0.2, -0.15) is 0 Å². The number of carbonyl (C=O) groups excluding carboxylic acids is 1. The lowest BCUT2D eigenvalue weighted by Crippen LogP contribution is -2.43. The molecule has 0 aromatic heterocycles. The summed E-state index contributed by atoms with van der Waals surface area (Å²) in [4.78, 5) is 15.2. The van der Waals surface area contributed by atoms with E-state index in [0.29, 0.717) is 6.04 Å². The molecule has 5 nitrogen and oxygen atoms in total. The van der Waals surface area contributed by atoms with Crippen LogP contribution in [0.15, 0.2) is 48.5 Å². The van der Waals surface area contributed by atoms with E-state index in [1.165, 1.54) is 5.56 Å². The van der Waals surface area contributed by atoms with Crippen LogP contribution in [-0.4, -0.2) is 49.2 Å². The maximum Gasteiger partial charge on any atom is 0.251 e. The molecule has 0 bridgehead atoms. The molecule has 2 aromatic rings. The summed E-state index contributed by atoms with van der Waals surface area (Å²) in [5.41, 5.74) is 3.10. The molecule has 3 aliphatic heterocycles. The maximum atomic E-state index is 12.8. The minimum Gasteiger partial charge on any atom is -0.493 e. The second-order valence-electron chi connectivity index (χ2n) is 8.02. The number of rotatable bonds is 3. The van der Waals surface area contributed by atoms with E-state index in [9.17, 15) is 4.79 Å².